The van der Waals surface area contributed by atoms with Gasteiger partial charge < -0.3 is 0 Å². The third kappa shape index (κ3) is 2.53. The Morgan fingerprint density at radius 2 is 2.11 bits per heavy atom. The first-order valence-electron chi connectivity index (χ1n) is 5.77. The van der Waals surface area contributed by atoms with Crippen LogP contribution in [0, 0.1) is 13.8 Å². The van der Waals surface area contributed by atoms with Crippen LogP contribution in [0.15, 0.2) is 28.7 Å². The zero-order chi connectivity index (χ0) is 13.3. The molecule has 94 valence electrons. The first-order chi connectivity index (χ1) is 8.49. The van der Waals surface area contributed by atoms with Gasteiger partial charge in [0.15, 0.2) is 5.78 Å². The van der Waals surface area contributed by atoms with E-state index in [-0.39, 0.29) is 5.78 Å². The van der Waals surface area contributed by atoms with Crippen molar-refractivity contribution in [3.8, 4) is 0 Å². The smallest absolute Gasteiger partial charge is 0.169 e. The van der Waals surface area contributed by atoms with E-state index in [1.54, 1.807) is 4.68 Å². The number of carbonyl (C=O) groups excluding carboxylic acids is 1. The maximum atomic E-state index is 12.3. The van der Waals surface area contributed by atoms with Gasteiger partial charge in [-0.25, -0.2) is 0 Å². The van der Waals surface area contributed by atoms with E-state index in [1.807, 2.05) is 45.2 Å². The molecule has 1 aromatic carbocycles. The molecule has 1 aromatic heterocycles. The molecular formula is C14H15BrN2O. The van der Waals surface area contributed by atoms with Gasteiger partial charge in [0.05, 0.1) is 12.1 Å². The second kappa shape index (κ2) is 5.06. The molecule has 0 unspecified atom stereocenters. The number of aryl methyl sites for hydroxylation is 2. The highest BCUT2D eigenvalue weighted by Crippen LogP contribution is 2.21. The van der Waals surface area contributed by atoms with Gasteiger partial charge in [0.2, 0.25) is 0 Å². The lowest BCUT2D eigenvalue weighted by molar-refractivity contribution is 0.0990. The van der Waals surface area contributed by atoms with Gasteiger partial charge in [-0.1, -0.05) is 28.1 Å². The average molecular weight is 307 g/mol. The van der Waals surface area contributed by atoms with Crippen LogP contribution in [0.3, 0.4) is 0 Å². The molecule has 18 heavy (non-hydrogen) atoms. The number of hydrogen-bond donors (Lipinski definition) is 0. The normalized spacial score (nSPS) is 10.7. The maximum Gasteiger partial charge on any atom is 0.169 e. The third-order valence-corrected chi connectivity index (χ3v) is 3.87. The Morgan fingerprint density at radius 1 is 1.39 bits per heavy atom. The molecule has 0 radical (unpaired) electrons. The van der Waals surface area contributed by atoms with Gasteiger partial charge in [-0.3, -0.25) is 9.48 Å². The standard InChI is InChI=1S/C14H15BrN2O/c1-9-7-11(17(3)16-9)8-14(18)12-5-4-6-13(15)10(12)2/h4-7H,8H2,1-3H3. The first kappa shape index (κ1) is 13.0. The predicted molar refractivity (Wildman–Crippen MR) is 74.9 cm³/mol. The van der Waals surface area contributed by atoms with Crippen LogP contribution in [0.2, 0.25) is 0 Å². The molecule has 0 aliphatic heterocycles. The molecule has 0 atom stereocenters. The molecular weight excluding hydrogens is 292 g/mol. The van der Waals surface area contributed by atoms with Gasteiger partial charge in [0.1, 0.15) is 0 Å². The van der Waals surface area contributed by atoms with E-state index in [2.05, 4.69) is 21.0 Å². The number of aromatic nitrogens is 2. The molecule has 0 fully saturated rings. The SMILES string of the molecule is Cc1cc(CC(=O)c2cccc(Br)c2C)n(C)n1. The number of Topliss-reactive ketones (excluding diaryl/α,β-unsaturated/α-hetero) is 1. The summed E-state index contributed by atoms with van der Waals surface area (Å²) in [6.07, 6.45) is 0.384. The number of halogens is 1. The number of ketones is 1. The molecule has 0 aliphatic carbocycles. The Kier molecular flexibility index (Phi) is 3.66. The summed E-state index contributed by atoms with van der Waals surface area (Å²) in [6, 6.07) is 7.65. The van der Waals surface area contributed by atoms with Gasteiger partial charge in [-0.05, 0) is 31.5 Å². The fourth-order valence-corrected chi connectivity index (χ4v) is 2.37. The quantitative estimate of drug-likeness (QED) is 0.816. The summed E-state index contributed by atoms with van der Waals surface area (Å²) in [5, 5.41) is 4.25. The molecule has 0 amide bonds. The number of carbonyl (C=O) groups is 1. The second-order valence-electron chi connectivity index (χ2n) is 4.41. The summed E-state index contributed by atoms with van der Waals surface area (Å²) in [6.45, 7) is 3.88. The Hall–Kier alpha value is -1.42. The molecule has 0 saturated heterocycles. The average Bonchev–Trinajstić information content (AvgIpc) is 2.61. The van der Waals surface area contributed by atoms with Crippen molar-refractivity contribution in [2.75, 3.05) is 0 Å². The third-order valence-electron chi connectivity index (χ3n) is 3.01. The highest BCUT2D eigenvalue weighted by atomic mass is 79.9. The van der Waals surface area contributed by atoms with Crippen LogP contribution >= 0.6 is 15.9 Å². The topological polar surface area (TPSA) is 34.9 Å². The summed E-state index contributed by atoms with van der Waals surface area (Å²) in [7, 11) is 1.86. The van der Waals surface area contributed by atoms with E-state index in [0.717, 1.165) is 27.0 Å². The van der Waals surface area contributed by atoms with Crippen LogP contribution in [0.5, 0.6) is 0 Å². The van der Waals surface area contributed by atoms with Gasteiger partial charge in [-0.15, -0.1) is 0 Å². The first-order valence-corrected chi connectivity index (χ1v) is 6.56. The van der Waals surface area contributed by atoms with Crippen molar-refractivity contribution in [2.24, 2.45) is 7.05 Å². The van der Waals surface area contributed by atoms with E-state index < -0.39 is 0 Å². The van der Waals surface area contributed by atoms with Crippen molar-refractivity contribution in [1.29, 1.82) is 0 Å². The van der Waals surface area contributed by atoms with Gasteiger partial charge in [-0.2, -0.15) is 5.10 Å². The zero-order valence-electron chi connectivity index (χ0n) is 10.7. The summed E-state index contributed by atoms with van der Waals surface area (Å²) >= 11 is 3.45. The van der Waals surface area contributed by atoms with Crippen LogP contribution in [0.25, 0.3) is 0 Å². The Morgan fingerprint density at radius 3 is 2.72 bits per heavy atom. The summed E-state index contributed by atoms with van der Waals surface area (Å²) < 4.78 is 2.73. The minimum atomic E-state index is 0.122. The predicted octanol–water partition coefficient (Wildman–Crippen LogP) is 3.22. The Labute approximate surface area is 115 Å². The number of benzene rings is 1. The van der Waals surface area contributed by atoms with E-state index in [9.17, 15) is 4.79 Å². The van der Waals surface area contributed by atoms with Crippen molar-refractivity contribution >= 4 is 21.7 Å². The van der Waals surface area contributed by atoms with Crippen LogP contribution in [-0.4, -0.2) is 15.6 Å². The van der Waals surface area contributed by atoms with E-state index >= 15 is 0 Å². The molecule has 0 aliphatic rings. The summed E-state index contributed by atoms with van der Waals surface area (Å²) in [4.78, 5) is 12.3. The van der Waals surface area contributed by atoms with Crippen molar-refractivity contribution in [3.63, 3.8) is 0 Å². The fourth-order valence-electron chi connectivity index (χ4n) is 2.00. The Balaban J connectivity index is 2.27. The molecule has 1 heterocycles. The summed E-state index contributed by atoms with van der Waals surface area (Å²) in [5.41, 5.74) is 3.63. The molecule has 0 spiro atoms. The van der Waals surface area contributed by atoms with Gasteiger partial charge >= 0.3 is 0 Å². The van der Waals surface area contributed by atoms with Crippen LogP contribution in [0.1, 0.15) is 27.3 Å². The van der Waals surface area contributed by atoms with Crippen molar-refractivity contribution in [2.45, 2.75) is 20.3 Å². The van der Waals surface area contributed by atoms with Crippen molar-refractivity contribution in [3.05, 3.63) is 51.3 Å². The van der Waals surface area contributed by atoms with E-state index in [1.165, 1.54) is 0 Å². The fraction of sp³-hybridized carbons (Fsp3) is 0.286. The highest BCUT2D eigenvalue weighted by molar-refractivity contribution is 9.10. The van der Waals surface area contributed by atoms with Crippen molar-refractivity contribution < 1.29 is 4.79 Å². The lowest BCUT2D eigenvalue weighted by atomic mass is 10.0. The number of hydrogen-bond acceptors (Lipinski definition) is 2. The zero-order valence-corrected chi connectivity index (χ0v) is 12.3. The maximum absolute atomic E-state index is 12.3. The largest absolute Gasteiger partial charge is 0.294 e. The molecule has 0 saturated carbocycles. The van der Waals surface area contributed by atoms with Crippen LogP contribution in [0.4, 0.5) is 0 Å². The molecule has 2 rings (SSSR count). The minimum Gasteiger partial charge on any atom is -0.294 e. The molecule has 3 nitrogen and oxygen atoms in total. The second-order valence-corrected chi connectivity index (χ2v) is 5.27. The number of nitrogens with zero attached hydrogens (tertiary/aromatic N) is 2. The van der Waals surface area contributed by atoms with Crippen LogP contribution in [-0.2, 0) is 13.5 Å². The van der Waals surface area contributed by atoms with Crippen LogP contribution < -0.4 is 0 Å². The van der Waals surface area contributed by atoms with Gasteiger partial charge in [0, 0.05) is 22.8 Å². The van der Waals surface area contributed by atoms with E-state index in [0.29, 0.717) is 6.42 Å². The van der Waals surface area contributed by atoms with E-state index in [4.69, 9.17) is 0 Å². The lowest BCUT2D eigenvalue weighted by Crippen LogP contribution is -2.09. The molecule has 0 N–H and O–H groups in total. The molecule has 2 aromatic rings. The van der Waals surface area contributed by atoms with Crippen molar-refractivity contribution in [1.82, 2.24) is 9.78 Å². The van der Waals surface area contributed by atoms with Gasteiger partial charge in [0.25, 0.3) is 0 Å². The highest BCUT2D eigenvalue weighted by Gasteiger charge is 2.13. The monoisotopic (exact) mass is 306 g/mol. The molecule has 0 bridgehead atoms. The Bertz CT molecular complexity index is 602. The summed E-state index contributed by atoms with van der Waals surface area (Å²) in [5.74, 6) is 0.122. The number of rotatable bonds is 3. The molecule has 4 heteroatoms. The lowest BCUT2D eigenvalue weighted by Gasteiger charge is -2.06. The minimum absolute atomic E-state index is 0.122.